The van der Waals surface area contributed by atoms with E-state index in [-0.39, 0.29) is 11.9 Å². The number of carboxylic acid groups (broad SMARTS) is 1. The van der Waals surface area contributed by atoms with Gasteiger partial charge in [0.05, 0.1) is 12.5 Å². The maximum absolute atomic E-state index is 12.3. The van der Waals surface area contributed by atoms with E-state index in [2.05, 4.69) is 13.8 Å². The monoisotopic (exact) mass is 284 g/mol. The standard InChI is InChI=1S/C15H28N2O3/c1-4-13(3)17(10-12(2)15(19)20)11-14(18)16-8-6-5-7-9-16/h12-13H,4-11H2,1-3H3,(H,19,20). The highest BCUT2D eigenvalue weighted by atomic mass is 16.4. The van der Waals surface area contributed by atoms with Gasteiger partial charge >= 0.3 is 5.97 Å². The van der Waals surface area contributed by atoms with E-state index in [0.717, 1.165) is 32.4 Å². The zero-order valence-corrected chi connectivity index (χ0v) is 13.0. The SMILES string of the molecule is CCC(C)N(CC(=O)N1CCCCC1)CC(C)C(=O)O. The molecule has 5 nitrogen and oxygen atoms in total. The predicted octanol–water partition coefficient (Wildman–Crippen LogP) is 1.82. The zero-order chi connectivity index (χ0) is 15.1. The van der Waals surface area contributed by atoms with E-state index in [9.17, 15) is 9.59 Å². The Morgan fingerprint density at radius 1 is 1.20 bits per heavy atom. The van der Waals surface area contributed by atoms with Crippen LogP contribution in [0.25, 0.3) is 0 Å². The lowest BCUT2D eigenvalue weighted by Gasteiger charge is -2.33. The van der Waals surface area contributed by atoms with E-state index in [0.29, 0.717) is 13.1 Å². The number of amides is 1. The van der Waals surface area contributed by atoms with Gasteiger partial charge in [0.2, 0.25) is 5.91 Å². The van der Waals surface area contributed by atoms with E-state index in [1.165, 1.54) is 6.42 Å². The minimum atomic E-state index is -0.802. The van der Waals surface area contributed by atoms with Gasteiger partial charge in [-0.15, -0.1) is 0 Å². The first-order valence-electron chi connectivity index (χ1n) is 7.70. The molecule has 5 heteroatoms. The topological polar surface area (TPSA) is 60.9 Å². The fraction of sp³-hybridized carbons (Fsp3) is 0.867. The Bertz CT molecular complexity index is 327. The molecule has 0 aromatic carbocycles. The molecular weight excluding hydrogens is 256 g/mol. The molecule has 0 aliphatic carbocycles. The van der Waals surface area contributed by atoms with Gasteiger partial charge in [-0.1, -0.05) is 13.8 Å². The summed E-state index contributed by atoms with van der Waals surface area (Å²) in [7, 11) is 0. The summed E-state index contributed by atoms with van der Waals surface area (Å²) in [5.74, 6) is -1.11. The summed E-state index contributed by atoms with van der Waals surface area (Å²) in [5.41, 5.74) is 0. The molecule has 0 aromatic rings. The van der Waals surface area contributed by atoms with E-state index >= 15 is 0 Å². The van der Waals surface area contributed by atoms with Gasteiger partial charge in [0.1, 0.15) is 0 Å². The third-order valence-corrected chi connectivity index (χ3v) is 4.19. The molecule has 20 heavy (non-hydrogen) atoms. The largest absolute Gasteiger partial charge is 0.481 e. The van der Waals surface area contributed by atoms with E-state index in [1.54, 1.807) is 6.92 Å². The lowest BCUT2D eigenvalue weighted by molar-refractivity contribution is -0.143. The number of piperidine rings is 1. The number of carbonyl (C=O) groups excluding carboxylic acids is 1. The molecule has 0 bridgehead atoms. The Morgan fingerprint density at radius 3 is 2.30 bits per heavy atom. The average Bonchev–Trinajstić information content (AvgIpc) is 2.46. The summed E-state index contributed by atoms with van der Waals surface area (Å²) in [6, 6.07) is 0.227. The second kappa shape index (κ2) is 8.25. The van der Waals surface area contributed by atoms with Gasteiger partial charge in [0.25, 0.3) is 0 Å². The molecule has 1 rings (SSSR count). The number of carbonyl (C=O) groups is 2. The second-order valence-electron chi connectivity index (χ2n) is 5.87. The number of aliphatic carboxylic acids is 1. The van der Waals surface area contributed by atoms with Gasteiger partial charge in [-0.2, -0.15) is 0 Å². The van der Waals surface area contributed by atoms with Gasteiger partial charge in [-0.25, -0.2) is 0 Å². The van der Waals surface area contributed by atoms with Gasteiger partial charge in [0.15, 0.2) is 0 Å². The van der Waals surface area contributed by atoms with Crippen LogP contribution in [0.4, 0.5) is 0 Å². The van der Waals surface area contributed by atoms with Crippen LogP contribution in [0.3, 0.4) is 0 Å². The van der Waals surface area contributed by atoms with Crippen LogP contribution >= 0.6 is 0 Å². The van der Waals surface area contributed by atoms with Crippen LogP contribution in [0.2, 0.25) is 0 Å². The number of carboxylic acids is 1. The van der Waals surface area contributed by atoms with Crippen molar-refractivity contribution in [1.29, 1.82) is 0 Å². The van der Waals surface area contributed by atoms with Crippen molar-refractivity contribution in [2.45, 2.75) is 52.5 Å². The Labute approximate surface area is 121 Å². The van der Waals surface area contributed by atoms with Gasteiger partial charge in [-0.3, -0.25) is 14.5 Å². The molecule has 1 N–H and O–H groups in total. The Morgan fingerprint density at radius 2 is 1.80 bits per heavy atom. The van der Waals surface area contributed by atoms with Gasteiger partial charge in [-0.05, 0) is 32.6 Å². The van der Waals surface area contributed by atoms with Crippen molar-refractivity contribution >= 4 is 11.9 Å². The highest BCUT2D eigenvalue weighted by Gasteiger charge is 2.24. The molecule has 0 radical (unpaired) electrons. The Hall–Kier alpha value is -1.10. The molecule has 116 valence electrons. The molecule has 1 aliphatic heterocycles. The molecular formula is C15H28N2O3. The van der Waals surface area contributed by atoms with Crippen LogP contribution < -0.4 is 0 Å². The van der Waals surface area contributed by atoms with Crippen molar-refractivity contribution in [3.63, 3.8) is 0 Å². The van der Waals surface area contributed by atoms with Crippen molar-refractivity contribution < 1.29 is 14.7 Å². The number of nitrogens with zero attached hydrogens (tertiary/aromatic N) is 2. The zero-order valence-electron chi connectivity index (χ0n) is 13.0. The van der Waals surface area contributed by atoms with Gasteiger partial charge in [0, 0.05) is 25.7 Å². The fourth-order valence-electron chi connectivity index (χ4n) is 2.51. The maximum Gasteiger partial charge on any atom is 0.307 e. The maximum atomic E-state index is 12.3. The van der Waals surface area contributed by atoms with E-state index < -0.39 is 11.9 Å². The number of hydrogen-bond donors (Lipinski definition) is 1. The molecule has 0 spiro atoms. The summed E-state index contributed by atoms with van der Waals surface area (Å²) in [4.78, 5) is 27.3. The lowest BCUT2D eigenvalue weighted by atomic mass is 10.1. The first-order valence-corrected chi connectivity index (χ1v) is 7.70. The lowest BCUT2D eigenvalue weighted by Crippen LogP contribution is -2.47. The quantitative estimate of drug-likeness (QED) is 0.774. The van der Waals surface area contributed by atoms with Crippen molar-refractivity contribution in [3.05, 3.63) is 0 Å². The Balaban J connectivity index is 2.58. The smallest absolute Gasteiger partial charge is 0.307 e. The van der Waals surface area contributed by atoms with Crippen LogP contribution in [0.15, 0.2) is 0 Å². The molecule has 1 fully saturated rings. The molecule has 1 heterocycles. The van der Waals surface area contributed by atoms with Crippen LogP contribution in [0, 0.1) is 5.92 Å². The molecule has 2 unspecified atom stereocenters. The minimum absolute atomic E-state index is 0.141. The Kier molecular flexibility index (Phi) is 6.99. The van der Waals surface area contributed by atoms with Gasteiger partial charge < -0.3 is 10.0 Å². The normalized spacial score (nSPS) is 18.9. The summed E-state index contributed by atoms with van der Waals surface area (Å²) >= 11 is 0. The third-order valence-electron chi connectivity index (χ3n) is 4.19. The predicted molar refractivity (Wildman–Crippen MR) is 78.6 cm³/mol. The first kappa shape index (κ1) is 17.0. The summed E-state index contributed by atoms with van der Waals surface area (Å²) < 4.78 is 0. The van der Waals surface area contributed by atoms with Crippen LogP contribution in [0.5, 0.6) is 0 Å². The molecule has 2 atom stereocenters. The van der Waals surface area contributed by atoms with E-state index in [1.807, 2.05) is 9.80 Å². The molecule has 1 saturated heterocycles. The van der Waals surface area contributed by atoms with E-state index in [4.69, 9.17) is 5.11 Å². The first-order chi connectivity index (χ1) is 9.45. The molecule has 1 amide bonds. The molecule has 1 aliphatic rings. The molecule has 0 aromatic heterocycles. The van der Waals surface area contributed by atoms with Crippen molar-refractivity contribution in [3.8, 4) is 0 Å². The summed E-state index contributed by atoms with van der Waals surface area (Å²) in [5, 5.41) is 9.05. The highest BCUT2D eigenvalue weighted by Crippen LogP contribution is 2.12. The van der Waals surface area contributed by atoms with Crippen molar-refractivity contribution in [2.24, 2.45) is 5.92 Å². The highest BCUT2D eigenvalue weighted by molar-refractivity contribution is 5.78. The third kappa shape index (κ3) is 5.12. The minimum Gasteiger partial charge on any atom is -0.481 e. The number of likely N-dealkylation sites (tertiary alicyclic amines) is 1. The number of hydrogen-bond acceptors (Lipinski definition) is 3. The van der Waals surface area contributed by atoms with Crippen LogP contribution in [-0.2, 0) is 9.59 Å². The van der Waals surface area contributed by atoms with Crippen LogP contribution in [-0.4, -0.2) is 59.0 Å². The summed E-state index contributed by atoms with van der Waals surface area (Å²) in [6.45, 7) is 8.29. The molecule has 0 saturated carbocycles. The fourth-order valence-corrected chi connectivity index (χ4v) is 2.51. The average molecular weight is 284 g/mol. The summed E-state index contributed by atoms with van der Waals surface area (Å²) in [6.07, 6.45) is 4.29. The van der Waals surface area contributed by atoms with Crippen molar-refractivity contribution in [2.75, 3.05) is 26.2 Å². The second-order valence-corrected chi connectivity index (χ2v) is 5.87. The van der Waals surface area contributed by atoms with Crippen molar-refractivity contribution in [1.82, 2.24) is 9.80 Å². The number of rotatable bonds is 7. The van der Waals surface area contributed by atoms with Crippen LogP contribution in [0.1, 0.15) is 46.5 Å².